The molecule has 7 nitrogen and oxygen atoms in total. The van der Waals surface area contributed by atoms with E-state index in [-0.39, 0.29) is 35.6 Å². The summed E-state index contributed by atoms with van der Waals surface area (Å²) in [5.74, 6) is 0.0574. The first-order valence-electron chi connectivity index (χ1n) is 14.0. The second kappa shape index (κ2) is 9.84. The number of anilines is 1. The number of nitrogens with one attached hydrogen (secondary N) is 3. The second-order valence-corrected chi connectivity index (χ2v) is 13.5. The summed E-state index contributed by atoms with van der Waals surface area (Å²) in [4.78, 5) is 27.6. The molecular weight excluding hydrogens is 471 g/mol. The number of halogens is 1. The molecule has 3 amide bonds. The van der Waals surface area contributed by atoms with Crippen LogP contribution in [0.3, 0.4) is 0 Å². The zero-order valence-electron chi connectivity index (χ0n) is 22.5. The van der Waals surface area contributed by atoms with E-state index >= 15 is 4.39 Å². The Bertz CT molecular complexity index is 1030. The highest BCUT2D eigenvalue weighted by Gasteiger charge is 2.60. The van der Waals surface area contributed by atoms with Gasteiger partial charge in [-0.2, -0.15) is 0 Å². The Hall–Kier alpha value is -2.19. The molecule has 37 heavy (non-hydrogen) atoms. The summed E-state index contributed by atoms with van der Waals surface area (Å²) in [6.45, 7) is 8.65. The molecule has 1 heterocycles. The van der Waals surface area contributed by atoms with E-state index in [1.54, 1.807) is 13.0 Å². The van der Waals surface area contributed by atoms with Crippen LogP contribution < -0.4 is 16.0 Å². The van der Waals surface area contributed by atoms with E-state index in [0.29, 0.717) is 29.8 Å². The van der Waals surface area contributed by atoms with Crippen LogP contribution in [0.1, 0.15) is 77.7 Å². The number of likely N-dealkylation sites (tertiary alicyclic amines) is 1. The minimum atomic E-state index is -0.570. The molecule has 0 spiro atoms. The Kier molecular flexibility index (Phi) is 7.03. The molecular formula is C29H43FN4O3. The molecule has 3 unspecified atom stereocenters. The van der Waals surface area contributed by atoms with Crippen LogP contribution in [-0.2, 0) is 11.3 Å². The fourth-order valence-electron chi connectivity index (χ4n) is 8.80. The van der Waals surface area contributed by atoms with Gasteiger partial charge in [-0.1, -0.05) is 19.9 Å². The lowest BCUT2D eigenvalue weighted by atomic mass is 9.43. The van der Waals surface area contributed by atoms with Crippen molar-refractivity contribution >= 4 is 17.6 Å². The van der Waals surface area contributed by atoms with E-state index in [1.165, 1.54) is 25.3 Å². The summed E-state index contributed by atoms with van der Waals surface area (Å²) in [5, 5.41) is 18.3. The molecule has 6 atom stereocenters. The molecule has 5 fully saturated rings. The van der Waals surface area contributed by atoms with Gasteiger partial charge in [-0.05, 0) is 99.3 Å². The zero-order chi connectivity index (χ0) is 26.4. The second-order valence-electron chi connectivity index (χ2n) is 13.5. The maximum atomic E-state index is 15.0. The quantitative estimate of drug-likeness (QED) is 0.434. The third kappa shape index (κ3) is 5.95. The molecule has 4 N–H and O–H groups in total. The van der Waals surface area contributed by atoms with Gasteiger partial charge in [0.2, 0.25) is 5.91 Å². The van der Waals surface area contributed by atoms with E-state index < -0.39 is 11.9 Å². The van der Waals surface area contributed by atoms with E-state index in [2.05, 4.69) is 34.7 Å². The van der Waals surface area contributed by atoms with Gasteiger partial charge in [-0.15, -0.1) is 0 Å². The van der Waals surface area contributed by atoms with Crippen molar-refractivity contribution in [2.45, 2.75) is 90.3 Å². The van der Waals surface area contributed by atoms with Gasteiger partial charge < -0.3 is 21.1 Å². The largest absolute Gasteiger partial charge is 0.392 e. The lowest BCUT2D eigenvalue weighted by Crippen LogP contribution is -2.65. The number of aliphatic hydroxyl groups is 1. The van der Waals surface area contributed by atoms with Crippen molar-refractivity contribution in [1.29, 1.82) is 0 Å². The van der Waals surface area contributed by atoms with Gasteiger partial charge in [-0.3, -0.25) is 9.69 Å². The van der Waals surface area contributed by atoms with Gasteiger partial charge >= 0.3 is 6.03 Å². The number of hydrogen-bond donors (Lipinski definition) is 4. The highest BCUT2D eigenvalue weighted by Crippen LogP contribution is 2.66. The molecule has 1 aliphatic heterocycles. The van der Waals surface area contributed by atoms with E-state index in [0.717, 1.165) is 44.2 Å². The van der Waals surface area contributed by atoms with Gasteiger partial charge in [0.1, 0.15) is 5.82 Å². The van der Waals surface area contributed by atoms with Crippen molar-refractivity contribution in [3.63, 3.8) is 0 Å². The fraction of sp³-hybridized carbons (Fsp3) is 0.724. The Morgan fingerprint density at radius 2 is 1.89 bits per heavy atom. The number of amides is 3. The number of urea groups is 1. The highest BCUT2D eigenvalue weighted by molar-refractivity contribution is 5.90. The average molecular weight is 515 g/mol. The highest BCUT2D eigenvalue weighted by atomic mass is 19.1. The van der Waals surface area contributed by atoms with Crippen LogP contribution in [0.25, 0.3) is 0 Å². The molecule has 6 rings (SSSR count). The number of hydrogen-bond acceptors (Lipinski definition) is 4. The zero-order valence-corrected chi connectivity index (χ0v) is 22.5. The van der Waals surface area contributed by atoms with Crippen LogP contribution in [-0.4, -0.2) is 53.2 Å². The van der Waals surface area contributed by atoms with Gasteiger partial charge in [0, 0.05) is 25.2 Å². The smallest absolute Gasteiger partial charge is 0.319 e. The third-order valence-corrected chi connectivity index (χ3v) is 9.14. The monoisotopic (exact) mass is 514 g/mol. The molecule has 1 aromatic carbocycles. The van der Waals surface area contributed by atoms with Crippen molar-refractivity contribution in [3.05, 3.63) is 29.6 Å². The minimum Gasteiger partial charge on any atom is -0.392 e. The topological polar surface area (TPSA) is 93.7 Å². The summed E-state index contributed by atoms with van der Waals surface area (Å²) in [5.41, 5.74) is 1.41. The molecule has 4 bridgehead atoms. The number of benzene rings is 1. The van der Waals surface area contributed by atoms with Gasteiger partial charge in [-0.25, -0.2) is 9.18 Å². The Balaban J connectivity index is 1.16. The molecule has 5 aliphatic rings. The molecule has 1 saturated heterocycles. The van der Waals surface area contributed by atoms with Crippen molar-refractivity contribution in [2.24, 2.45) is 22.7 Å². The van der Waals surface area contributed by atoms with E-state index in [1.807, 2.05) is 6.07 Å². The molecule has 4 aliphatic carbocycles. The van der Waals surface area contributed by atoms with Gasteiger partial charge in [0.15, 0.2) is 0 Å². The van der Waals surface area contributed by atoms with E-state index in [4.69, 9.17) is 0 Å². The maximum absolute atomic E-state index is 15.0. The number of nitrogens with zero attached hydrogens (tertiary/aromatic N) is 1. The summed E-state index contributed by atoms with van der Waals surface area (Å²) >= 11 is 0. The van der Waals surface area contributed by atoms with Crippen LogP contribution in [0.2, 0.25) is 0 Å². The van der Waals surface area contributed by atoms with Crippen molar-refractivity contribution in [1.82, 2.24) is 15.5 Å². The van der Waals surface area contributed by atoms with Crippen LogP contribution >= 0.6 is 0 Å². The lowest BCUT2D eigenvalue weighted by Gasteiger charge is -2.65. The number of carbonyl (C=O) groups excluding carboxylic acids is 2. The predicted octanol–water partition coefficient (Wildman–Crippen LogP) is 4.41. The van der Waals surface area contributed by atoms with Crippen molar-refractivity contribution in [3.8, 4) is 0 Å². The summed E-state index contributed by atoms with van der Waals surface area (Å²) < 4.78 is 15.0. The molecule has 0 aromatic heterocycles. The first kappa shape index (κ1) is 26.4. The van der Waals surface area contributed by atoms with E-state index in [9.17, 15) is 14.7 Å². The van der Waals surface area contributed by atoms with Crippen LogP contribution in [0, 0.1) is 28.5 Å². The number of carbonyl (C=O) groups is 2. The standard InChI is InChI=1S/C29H43FN4O3/c1-19(35)13-31-25(36)22-5-4-8-34(15-22)14-20-6-7-24(23(30)9-20)32-26(37)33-29-12-21-10-27(2,17-29)16-28(3,11-21)18-29/h6-7,9,19,21-22,35H,4-5,8,10-18H2,1-3H3,(H,31,36)(H2,32,33,37)/t19?,21?,22-,27-,28+,29?/m0/s1. The Morgan fingerprint density at radius 3 is 2.54 bits per heavy atom. The van der Waals surface area contributed by atoms with Gasteiger partial charge in [0.05, 0.1) is 17.7 Å². The average Bonchev–Trinajstić information content (AvgIpc) is 2.76. The minimum absolute atomic E-state index is 0.0376. The molecule has 8 heteroatoms. The summed E-state index contributed by atoms with van der Waals surface area (Å²) in [6, 6.07) is 4.66. The molecule has 4 saturated carbocycles. The maximum Gasteiger partial charge on any atom is 0.319 e. The Morgan fingerprint density at radius 1 is 1.16 bits per heavy atom. The lowest BCUT2D eigenvalue weighted by molar-refractivity contribution is -0.127. The third-order valence-electron chi connectivity index (χ3n) is 9.14. The first-order chi connectivity index (χ1) is 17.4. The summed E-state index contributed by atoms with van der Waals surface area (Å²) in [7, 11) is 0. The Labute approximate surface area is 219 Å². The number of aliphatic hydroxyl groups excluding tert-OH is 1. The molecule has 1 aromatic rings. The normalized spacial score (nSPS) is 35.7. The van der Waals surface area contributed by atoms with Crippen LogP contribution in [0.4, 0.5) is 14.9 Å². The van der Waals surface area contributed by atoms with Gasteiger partial charge in [0.25, 0.3) is 0 Å². The van der Waals surface area contributed by atoms with Crippen molar-refractivity contribution in [2.75, 3.05) is 25.0 Å². The number of piperidine rings is 1. The first-order valence-corrected chi connectivity index (χ1v) is 14.0. The molecule has 0 radical (unpaired) electrons. The SMILES string of the molecule is CC(O)CNC(=O)[C@H]1CCCN(Cc2ccc(NC(=O)NC34CC5C[C@@](C)(C3)C[C@](C)(C5)C4)c(F)c2)C1. The van der Waals surface area contributed by atoms with Crippen molar-refractivity contribution < 1.29 is 19.1 Å². The van der Waals surface area contributed by atoms with Crippen LogP contribution in [0.5, 0.6) is 0 Å². The molecule has 204 valence electrons. The number of rotatable bonds is 7. The predicted molar refractivity (Wildman–Crippen MR) is 141 cm³/mol. The summed E-state index contributed by atoms with van der Waals surface area (Å²) in [6.07, 6.45) is 7.94. The fourth-order valence-corrected chi connectivity index (χ4v) is 8.80. The van der Waals surface area contributed by atoms with Crippen LogP contribution in [0.15, 0.2) is 18.2 Å².